The summed E-state index contributed by atoms with van der Waals surface area (Å²) in [5, 5.41) is 6.64. The predicted molar refractivity (Wildman–Crippen MR) is 112 cm³/mol. The van der Waals surface area contributed by atoms with Crippen LogP contribution in [0.3, 0.4) is 0 Å². The van der Waals surface area contributed by atoms with Gasteiger partial charge in [-0.15, -0.1) is 35.3 Å². The lowest BCUT2D eigenvalue weighted by molar-refractivity contribution is 0.397. The molecular formula is C17H25IN4OS. The molecule has 0 aromatic carbocycles. The second-order valence-electron chi connectivity index (χ2n) is 4.98. The van der Waals surface area contributed by atoms with Crippen molar-refractivity contribution in [2.45, 2.75) is 33.4 Å². The number of aliphatic imine (C=N–C) groups is 1. The number of hydrogen-bond donors (Lipinski definition) is 2. The Hall–Kier alpha value is -1.35. The zero-order valence-electron chi connectivity index (χ0n) is 14.3. The van der Waals surface area contributed by atoms with E-state index in [1.807, 2.05) is 23.5 Å². The Kier molecular flexibility index (Phi) is 9.70. The van der Waals surface area contributed by atoms with Crippen molar-refractivity contribution < 1.29 is 4.74 Å². The van der Waals surface area contributed by atoms with E-state index in [0.717, 1.165) is 31.0 Å². The molecule has 0 unspecified atom stereocenters. The molecule has 2 N–H and O–H groups in total. The van der Waals surface area contributed by atoms with Crippen LogP contribution in [0.1, 0.15) is 29.2 Å². The van der Waals surface area contributed by atoms with E-state index in [2.05, 4.69) is 46.6 Å². The number of methoxy groups -OCH3 is 1. The summed E-state index contributed by atoms with van der Waals surface area (Å²) in [4.78, 5) is 11.5. The highest BCUT2D eigenvalue weighted by molar-refractivity contribution is 14.0. The molecule has 0 aliphatic rings. The van der Waals surface area contributed by atoms with Crippen molar-refractivity contribution >= 4 is 41.3 Å². The lowest BCUT2D eigenvalue weighted by Gasteiger charge is -2.10. The fourth-order valence-electron chi connectivity index (χ4n) is 2.05. The number of aryl methyl sites for hydroxylation is 1. The summed E-state index contributed by atoms with van der Waals surface area (Å²) in [7, 11) is 1.62. The Bertz CT molecular complexity index is 645. The first kappa shape index (κ1) is 20.7. The normalized spacial score (nSPS) is 10.9. The van der Waals surface area contributed by atoms with Gasteiger partial charge < -0.3 is 15.4 Å². The third-order valence-corrected chi connectivity index (χ3v) is 4.50. The number of halogens is 1. The first-order valence-corrected chi connectivity index (χ1v) is 8.65. The zero-order valence-corrected chi connectivity index (χ0v) is 17.5. The lowest BCUT2D eigenvalue weighted by Crippen LogP contribution is -2.36. The largest absolute Gasteiger partial charge is 0.481 e. The maximum absolute atomic E-state index is 5.14. The topological polar surface area (TPSA) is 58.5 Å². The maximum Gasteiger partial charge on any atom is 0.213 e. The number of nitrogens with zero attached hydrogens (tertiary/aromatic N) is 2. The molecule has 0 fully saturated rings. The molecular weight excluding hydrogens is 435 g/mol. The smallest absolute Gasteiger partial charge is 0.213 e. The molecule has 2 heterocycles. The zero-order chi connectivity index (χ0) is 16.5. The van der Waals surface area contributed by atoms with Crippen molar-refractivity contribution in [3.8, 4) is 5.88 Å². The quantitative estimate of drug-likeness (QED) is 0.377. The number of guanidine groups is 1. The van der Waals surface area contributed by atoms with E-state index in [0.29, 0.717) is 12.4 Å². The van der Waals surface area contributed by atoms with Gasteiger partial charge in [0.05, 0.1) is 20.2 Å². The molecule has 24 heavy (non-hydrogen) atoms. The monoisotopic (exact) mass is 460 g/mol. The Morgan fingerprint density at radius 1 is 1.21 bits per heavy atom. The number of ether oxygens (including phenoxy) is 1. The second-order valence-corrected chi connectivity index (χ2v) is 6.23. The molecule has 2 aromatic rings. The summed E-state index contributed by atoms with van der Waals surface area (Å²) in [6.07, 6.45) is 2.82. The molecule has 0 aliphatic heterocycles. The van der Waals surface area contributed by atoms with E-state index in [-0.39, 0.29) is 24.0 Å². The summed E-state index contributed by atoms with van der Waals surface area (Å²) in [6.45, 7) is 6.44. The van der Waals surface area contributed by atoms with Gasteiger partial charge in [0.15, 0.2) is 5.96 Å². The van der Waals surface area contributed by atoms with Crippen molar-refractivity contribution in [2.24, 2.45) is 4.99 Å². The van der Waals surface area contributed by atoms with Gasteiger partial charge >= 0.3 is 0 Å². The molecule has 0 saturated heterocycles. The van der Waals surface area contributed by atoms with Crippen molar-refractivity contribution in [1.82, 2.24) is 15.6 Å². The highest BCUT2D eigenvalue weighted by Gasteiger charge is 2.02. The Labute approximate surface area is 165 Å². The molecule has 0 saturated carbocycles. The average molecular weight is 460 g/mol. The van der Waals surface area contributed by atoms with Crippen LogP contribution >= 0.6 is 35.3 Å². The van der Waals surface area contributed by atoms with Gasteiger partial charge in [0.2, 0.25) is 5.88 Å². The van der Waals surface area contributed by atoms with Crippen molar-refractivity contribution in [3.05, 3.63) is 45.8 Å². The van der Waals surface area contributed by atoms with E-state index in [9.17, 15) is 0 Å². The SMILES string of the molecule is CCNC(=NCc1ccnc(OC)c1)NCc1ccc(CC)s1.I. The highest BCUT2D eigenvalue weighted by atomic mass is 127. The third kappa shape index (κ3) is 6.64. The van der Waals surface area contributed by atoms with Crippen LogP contribution in [-0.2, 0) is 19.5 Å². The Morgan fingerprint density at radius 2 is 2.00 bits per heavy atom. The average Bonchev–Trinajstić information content (AvgIpc) is 3.05. The van der Waals surface area contributed by atoms with Crippen LogP contribution in [0.2, 0.25) is 0 Å². The minimum Gasteiger partial charge on any atom is -0.481 e. The predicted octanol–water partition coefficient (Wildman–Crippen LogP) is 3.59. The Morgan fingerprint density at radius 3 is 2.67 bits per heavy atom. The van der Waals surface area contributed by atoms with E-state index in [1.165, 1.54) is 9.75 Å². The van der Waals surface area contributed by atoms with Crippen molar-refractivity contribution in [2.75, 3.05) is 13.7 Å². The molecule has 0 atom stereocenters. The summed E-state index contributed by atoms with van der Waals surface area (Å²) in [6, 6.07) is 8.21. The van der Waals surface area contributed by atoms with Crippen LogP contribution in [0, 0.1) is 0 Å². The summed E-state index contributed by atoms with van der Waals surface area (Å²) in [5.74, 6) is 1.43. The first-order chi connectivity index (χ1) is 11.2. The van der Waals surface area contributed by atoms with Crippen molar-refractivity contribution in [3.63, 3.8) is 0 Å². The number of pyridine rings is 1. The second kappa shape index (κ2) is 11.2. The Balaban J connectivity index is 0.00000288. The molecule has 0 aliphatic carbocycles. The van der Waals surface area contributed by atoms with Crippen LogP contribution in [-0.4, -0.2) is 24.6 Å². The number of aromatic nitrogens is 1. The highest BCUT2D eigenvalue weighted by Crippen LogP contribution is 2.16. The van der Waals surface area contributed by atoms with E-state index in [1.54, 1.807) is 13.3 Å². The molecule has 0 bridgehead atoms. The standard InChI is InChI=1S/C17H24N4OS.HI/c1-4-14-6-7-15(23-14)12-21-17(18-5-2)20-11-13-8-9-19-16(10-13)22-3;/h6-10H,4-5,11-12H2,1-3H3,(H2,18,20,21);1H. The van der Waals surface area contributed by atoms with Gasteiger partial charge in [-0.1, -0.05) is 6.92 Å². The van der Waals surface area contributed by atoms with Gasteiger partial charge in [0.25, 0.3) is 0 Å². The number of thiophene rings is 1. The minimum absolute atomic E-state index is 0. The van der Waals surface area contributed by atoms with Gasteiger partial charge in [-0.05, 0) is 37.1 Å². The van der Waals surface area contributed by atoms with Gasteiger partial charge in [0, 0.05) is 28.6 Å². The summed E-state index contributed by atoms with van der Waals surface area (Å²) >= 11 is 1.84. The summed E-state index contributed by atoms with van der Waals surface area (Å²) in [5.41, 5.74) is 1.07. The van der Waals surface area contributed by atoms with Crippen LogP contribution in [0.4, 0.5) is 0 Å². The molecule has 0 radical (unpaired) electrons. The van der Waals surface area contributed by atoms with Crippen LogP contribution in [0.15, 0.2) is 35.5 Å². The molecule has 7 heteroatoms. The molecule has 132 valence electrons. The molecule has 0 amide bonds. The van der Waals surface area contributed by atoms with E-state index >= 15 is 0 Å². The molecule has 0 spiro atoms. The van der Waals surface area contributed by atoms with E-state index in [4.69, 9.17) is 4.74 Å². The minimum atomic E-state index is 0. The molecule has 2 aromatic heterocycles. The van der Waals surface area contributed by atoms with E-state index < -0.39 is 0 Å². The lowest BCUT2D eigenvalue weighted by atomic mass is 10.3. The van der Waals surface area contributed by atoms with Crippen molar-refractivity contribution in [1.29, 1.82) is 0 Å². The van der Waals surface area contributed by atoms with Crippen LogP contribution < -0.4 is 15.4 Å². The third-order valence-electron chi connectivity index (χ3n) is 3.27. The number of hydrogen-bond acceptors (Lipinski definition) is 4. The number of rotatable bonds is 7. The van der Waals surface area contributed by atoms with Crippen LogP contribution in [0.25, 0.3) is 0 Å². The maximum atomic E-state index is 5.14. The fraction of sp³-hybridized carbons (Fsp3) is 0.412. The summed E-state index contributed by atoms with van der Waals surface area (Å²) < 4.78 is 5.14. The molecule has 5 nitrogen and oxygen atoms in total. The molecule has 2 rings (SSSR count). The fourth-order valence-corrected chi connectivity index (χ4v) is 2.95. The van der Waals surface area contributed by atoms with Gasteiger partial charge in [-0.3, -0.25) is 0 Å². The van der Waals surface area contributed by atoms with Gasteiger partial charge in [0.1, 0.15) is 0 Å². The van der Waals surface area contributed by atoms with Gasteiger partial charge in [-0.25, -0.2) is 9.98 Å². The number of nitrogens with one attached hydrogen (secondary N) is 2. The van der Waals surface area contributed by atoms with Gasteiger partial charge in [-0.2, -0.15) is 0 Å². The van der Waals surface area contributed by atoms with Crippen LogP contribution in [0.5, 0.6) is 5.88 Å². The first-order valence-electron chi connectivity index (χ1n) is 7.83.